The minimum atomic E-state index is -0.380. The SMILES string of the molecule is NC(=O)CN1CCCC(NC(=O)c2cn(-c3ccc(F)cc3)nn2)C1. The van der Waals surface area contributed by atoms with Crippen LogP contribution in [0.5, 0.6) is 0 Å². The highest BCUT2D eigenvalue weighted by Gasteiger charge is 2.23. The van der Waals surface area contributed by atoms with Crippen molar-refractivity contribution in [3.63, 3.8) is 0 Å². The molecule has 0 saturated carbocycles. The van der Waals surface area contributed by atoms with Gasteiger partial charge in [-0.2, -0.15) is 0 Å². The van der Waals surface area contributed by atoms with Crippen LogP contribution in [-0.2, 0) is 4.79 Å². The van der Waals surface area contributed by atoms with Crippen molar-refractivity contribution in [1.29, 1.82) is 0 Å². The third-order valence-corrected chi connectivity index (χ3v) is 4.04. The Labute approximate surface area is 143 Å². The second-order valence-corrected chi connectivity index (χ2v) is 6.04. The first-order valence-corrected chi connectivity index (χ1v) is 8.01. The predicted octanol–water partition coefficient (Wildman–Crippen LogP) is 0.0859. The predicted molar refractivity (Wildman–Crippen MR) is 87.4 cm³/mol. The molecule has 2 amide bonds. The van der Waals surface area contributed by atoms with Crippen LogP contribution in [0.2, 0.25) is 0 Å². The summed E-state index contributed by atoms with van der Waals surface area (Å²) in [6.45, 7) is 1.55. The summed E-state index contributed by atoms with van der Waals surface area (Å²) in [5.41, 5.74) is 6.00. The van der Waals surface area contributed by atoms with Crippen molar-refractivity contribution in [2.24, 2.45) is 5.73 Å². The van der Waals surface area contributed by atoms with Gasteiger partial charge in [-0.05, 0) is 43.7 Å². The highest BCUT2D eigenvalue weighted by molar-refractivity contribution is 5.92. The van der Waals surface area contributed by atoms with Crippen LogP contribution in [-0.4, -0.2) is 57.4 Å². The minimum absolute atomic E-state index is 0.0726. The van der Waals surface area contributed by atoms with Gasteiger partial charge in [0.25, 0.3) is 5.91 Å². The first-order valence-electron chi connectivity index (χ1n) is 8.01. The fraction of sp³-hybridized carbons (Fsp3) is 0.375. The Kier molecular flexibility index (Phi) is 5.03. The lowest BCUT2D eigenvalue weighted by Gasteiger charge is -2.32. The van der Waals surface area contributed by atoms with Crippen LogP contribution in [0.3, 0.4) is 0 Å². The first kappa shape index (κ1) is 17.0. The van der Waals surface area contributed by atoms with E-state index in [2.05, 4.69) is 15.6 Å². The number of halogens is 1. The molecule has 3 rings (SSSR count). The molecule has 1 aromatic heterocycles. The van der Waals surface area contributed by atoms with Crippen LogP contribution in [0, 0.1) is 5.82 Å². The molecule has 25 heavy (non-hydrogen) atoms. The van der Waals surface area contributed by atoms with Gasteiger partial charge in [0.2, 0.25) is 5.91 Å². The van der Waals surface area contributed by atoms with E-state index in [0.29, 0.717) is 12.2 Å². The van der Waals surface area contributed by atoms with Crippen molar-refractivity contribution in [1.82, 2.24) is 25.2 Å². The molecule has 1 saturated heterocycles. The van der Waals surface area contributed by atoms with Crippen LogP contribution in [0.4, 0.5) is 4.39 Å². The number of benzene rings is 1. The van der Waals surface area contributed by atoms with Gasteiger partial charge in [-0.25, -0.2) is 9.07 Å². The van der Waals surface area contributed by atoms with Crippen molar-refractivity contribution in [3.05, 3.63) is 42.0 Å². The molecule has 0 spiro atoms. The maximum Gasteiger partial charge on any atom is 0.273 e. The largest absolute Gasteiger partial charge is 0.369 e. The smallest absolute Gasteiger partial charge is 0.273 e. The van der Waals surface area contributed by atoms with Gasteiger partial charge in [-0.15, -0.1) is 5.10 Å². The average Bonchev–Trinajstić information content (AvgIpc) is 3.05. The van der Waals surface area contributed by atoms with Crippen molar-refractivity contribution in [2.45, 2.75) is 18.9 Å². The maximum absolute atomic E-state index is 13.0. The Morgan fingerprint density at radius 3 is 2.80 bits per heavy atom. The topological polar surface area (TPSA) is 106 Å². The van der Waals surface area contributed by atoms with Gasteiger partial charge in [0.05, 0.1) is 18.4 Å². The van der Waals surface area contributed by atoms with E-state index in [0.717, 1.165) is 19.4 Å². The summed E-state index contributed by atoms with van der Waals surface area (Å²) in [6.07, 6.45) is 3.19. The molecule has 3 N–H and O–H groups in total. The van der Waals surface area contributed by atoms with Crippen molar-refractivity contribution < 1.29 is 14.0 Å². The molecule has 0 aliphatic carbocycles. The zero-order chi connectivity index (χ0) is 17.8. The third kappa shape index (κ3) is 4.38. The number of primary amides is 1. The fourth-order valence-corrected chi connectivity index (χ4v) is 2.88. The van der Waals surface area contributed by atoms with E-state index in [-0.39, 0.29) is 35.9 Å². The number of piperidine rings is 1. The Morgan fingerprint density at radius 2 is 2.08 bits per heavy atom. The summed E-state index contributed by atoms with van der Waals surface area (Å²) < 4.78 is 14.4. The molecule has 1 aromatic carbocycles. The quantitative estimate of drug-likeness (QED) is 0.798. The number of nitrogens with one attached hydrogen (secondary N) is 1. The maximum atomic E-state index is 13.0. The molecule has 132 valence electrons. The molecule has 1 unspecified atom stereocenters. The lowest BCUT2D eigenvalue weighted by atomic mass is 10.1. The van der Waals surface area contributed by atoms with Gasteiger partial charge in [0, 0.05) is 12.6 Å². The molecule has 2 heterocycles. The van der Waals surface area contributed by atoms with E-state index in [4.69, 9.17) is 5.73 Å². The number of nitrogens with zero attached hydrogens (tertiary/aromatic N) is 4. The van der Waals surface area contributed by atoms with Crippen LogP contribution in [0.25, 0.3) is 5.69 Å². The van der Waals surface area contributed by atoms with E-state index < -0.39 is 0 Å². The first-order chi connectivity index (χ1) is 12.0. The minimum Gasteiger partial charge on any atom is -0.369 e. The van der Waals surface area contributed by atoms with Crippen LogP contribution in [0.15, 0.2) is 30.5 Å². The zero-order valence-electron chi connectivity index (χ0n) is 13.6. The molecule has 1 atom stereocenters. The number of hydrogen-bond acceptors (Lipinski definition) is 5. The molecule has 1 fully saturated rings. The molecular formula is C16H19FN6O2. The van der Waals surface area contributed by atoms with Crippen molar-refractivity contribution >= 4 is 11.8 Å². The normalized spacial score (nSPS) is 18.0. The Bertz CT molecular complexity index is 760. The summed E-state index contributed by atoms with van der Waals surface area (Å²) >= 11 is 0. The summed E-state index contributed by atoms with van der Waals surface area (Å²) in [5.74, 6) is -1.06. The number of amides is 2. The summed E-state index contributed by atoms with van der Waals surface area (Å²) in [4.78, 5) is 25.3. The van der Waals surface area contributed by atoms with Gasteiger partial charge < -0.3 is 11.1 Å². The van der Waals surface area contributed by atoms with E-state index in [9.17, 15) is 14.0 Å². The molecule has 8 nitrogen and oxygen atoms in total. The number of carbonyl (C=O) groups excluding carboxylic acids is 2. The fourth-order valence-electron chi connectivity index (χ4n) is 2.88. The molecule has 0 radical (unpaired) electrons. The molecular weight excluding hydrogens is 327 g/mol. The van der Waals surface area contributed by atoms with E-state index in [1.54, 1.807) is 12.1 Å². The lowest BCUT2D eigenvalue weighted by Crippen LogP contribution is -2.49. The zero-order valence-corrected chi connectivity index (χ0v) is 13.6. The Balaban J connectivity index is 1.62. The number of aromatic nitrogens is 3. The van der Waals surface area contributed by atoms with Crippen LogP contribution in [0.1, 0.15) is 23.3 Å². The molecule has 1 aliphatic rings. The highest BCUT2D eigenvalue weighted by atomic mass is 19.1. The van der Waals surface area contributed by atoms with Crippen LogP contribution >= 0.6 is 0 Å². The second kappa shape index (κ2) is 7.39. The summed E-state index contributed by atoms with van der Waals surface area (Å²) in [7, 11) is 0. The van der Waals surface area contributed by atoms with E-state index in [1.807, 2.05) is 4.90 Å². The summed E-state index contributed by atoms with van der Waals surface area (Å²) in [6, 6.07) is 5.65. The van der Waals surface area contributed by atoms with Gasteiger partial charge in [0.15, 0.2) is 5.69 Å². The number of likely N-dealkylation sites (tertiary alicyclic amines) is 1. The van der Waals surface area contributed by atoms with Crippen molar-refractivity contribution in [2.75, 3.05) is 19.6 Å². The molecule has 2 aromatic rings. The Hall–Kier alpha value is -2.81. The van der Waals surface area contributed by atoms with E-state index >= 15 is 0 Å². The van der Waals surface area contributed by atoms with Crippen LogP contribution < -0.4 is 11.1 Å². The monoisotopic (exact) mass is 346 g/mol. The second-order valence-electron chi connectivity index (χ2n) is 6.04. The Morgan fingerprint density at radius 1 is 1.32 bits per heavy atom. The van der Waals surface area contributed by atoms with Gasteiger partial charge in [-0.1, -0.05) is 5.21 Å². The number of nitrogens with two attached hydrogens (primary N) is 1. The van der Waals surface area contributed by atoms with E-state index in [1.165, 1.54) is 23.0 Å². The highest BCUT2D eigenvalue weighted by Crippen LogP contribution is 2.11. The average molecular weight is 346 g/mol. The molecule has 1 aliphatic heterocycles. The number of carbonyl (C=O) groups is 2. The standard InChI is InChI=1S/C16H19FN6O2/c17-11-3-5-13(6-4-11)23-9-14(20-21-23)16(25)19-12-2-1-7-22(8-12)10-15(18)24/h3-6,9,12H,1-2,7-8,10H2,(H2,18,24)(H,19,25). The lowest BCUT2D eigenvalue weighted by molar-refractivity contribution is -0.119. The van der Waals surface area contributed by atoms with Gasteiger partial charge >= 0.3 is 0 Å². The number of hydrogen-bond donors (Lipinski definition) is 2. The van der Waals surface area contributed by atoms with Crippen molar-refractivity contribution in [3.8, 4) is 5.69 Å². The van der Waals surface area contributed by atoms with Gasteiger partial charge in [0.1, 0.15) is 5.82 Å². The molecule has 9 heteroatoms. The van der Waals surface area contributed by atoms with Gasteiger partial charge in [-0.3, -0.25) is 14.5 Å². The summed E-state index contributed by atoms with van der Waals surface area (Å²) in [5, 5.41) is 10.7. The number of rotatable bonds is 5. The molecule has 0 bridgehead atoms. The third-order valence-electron chi connectivity index (χ3n) is 4.04.